The van der Waals surface area contributed by atoms with Crippen LogP contribution in [0, 0.1) is 24.5 Å². The van der Waals surface area contributed by atoms with E-state index < -0.39 is 23.3 Å². The van der Waals surface area contributed by atoms with Crippen LogP contribution in [0.1, 0.15) is 55.2 Å². The van der Waals surface area contributed by atoms with E-state index in [1.807, 2.05) is 19.1 Å². The van der Waals surface area contributed by atoms with Crippen LogP contribution >= 0.6 is 0 Å². The van der Waals surface area contributed by atoms with Crippen LogP contribution in [-0.2, 0) is 6.11 Å². The summed E-state index contributed by atoms with van der Waals surface area (Å²) in [5.74, 6) is -1.26. The zero-order valence-electron chi connectivity index (χ0n) is 18.2. The minimum Gasteiger partial charge on any atom is -0.429 e. The molecular formula is C27H26F4O. The second kappa shape index (κ2) is 8.97. The van der Waals surface area contributed by atoms with E-state index in [1.54, 1.807) is 12.1 Å². The molecule has 0 saturated heterocycles. The number of rotatable bonds is 5. The van der Waals surface area contributed by atoms with E-state index in [0.29, 0.717) is 17.0 Å². The predicted molar refractivity (Wildman–Crippen MR) is 118 cm³/mol. The molecule has 1 aliphatic carbocycles. The van der Waals surface area contributed by atoms with Crippen LogP contribution in [-0.4, -0.2) is 0 Å². The Hall–Kier alpha value is -2.82. The Morgan fingerprint density at radius 3 is 2.06 bits per heavy atom. The van der Waals surface area contributed by atoms with E-state index in [-0.39, 0.29) is 11.7 Å². The molecule has 0 atom stereocenters. The van der Waals surface area contributed by atoms with Crippen LogP contribution in [0.4, 0.5) is 17.6 Å². The van der Waals surface area contributed by atoms with Crippen LogP contribution in [0.5, 0.6) is 5.75 Å². The van der Waals surface area contributed by atoms with Crippen molar-refractivity contribution in [1.82, 2.24) is 0 Å². The first-order chi connectivity index (χ1) is 15.2. The lowest BCUT2D eigenvalue weighted by atomic mass is 9.79. The number of ether oxygens (including phenoxy) is 1. The lowest BCUT2D eigenvalue weighted by Gasteiger charge is -2.27. The second-order valence-electron chi connectivity index (χ2n) is 8.82. The minimum atomic E-state index is -3.94. The van der Waals surface area contributed by atoms with Crippen molar-refractivity contribution in [3.63, 3.8) is 0 Å². The van der Waals surface area contributed by atoms with Gasteiger partial charge in [0, 0.05) is 6.07 Å². The van der Waals surface area contributed by atoms with Crippen LogP contribution in [0.15, 0.2) is 60.7 Å². The molecule has 0 amide bonds. The normalized spacial score (nSPS) is 19.1. The van der Waals surface area contributed by atoms with Crippen molar-refractivity contribution in [2.24, 2.45) is 5.92 Å². The molecule has 3 aromatic rings. The van der Waals surface area contributed by atoms with Crippen molar-refractivity contribution in [2.45, 2.75) is 51.6 Å². The van der Waals surface area contributed by atoms with E-state index in [9.17, 15) is 17.6 Å². The van der Waals surface area contributed by atoms with Crippen molar-refractivity contribution < 1.29 is 22.3 Å². The van der Waals surface area contributed by atoms with E-state index in [2.05, 4.69) is 6.92 Å². The Labute approximate surface area is 186 Å². The Kier molecular flexibility index (Phi) is 6.27. The summed E-state index contributed by atoms with van der Waals surface area (Å²) in [4.78, 5) is 0. The Bertz CT molecular complexity index is 1080. The third-order valence-corrected chi connectivity index (χ3v) is 6.34. The molecule has 0 heterocycles. The van der Waals surface area contributed by atoms with E-state index >= 15 is 0 Å². The summed E-state index contributed by atoms with van der Waals surface area (Å²) in [7, 11) is 0. The molecule has 1 saturated carbocycles. The molecule has 5 heteroatoms. The van der Waals surface area contributed by atoms with E-state index in [1.165, 1.54) is 18.2 Å². The molecule has 4 rings (SSSR count). The van der Waals surface area contributed by atoms with Gasteiger partial charge in [-0.3, -0.25) is 0 Å². The molecule has 0 N–H and O–H groups in total. The first-order valence-corrected chi connectivity index (χ1v) is 11.0. The zero-order valence-corrected chi connectivity index (χ0v) is 18.2. The van der Waals surface area contributed by atoms with Gasteiger partial charge in [-0.1, -0.05) is 61.7 Å². The van der Waals surface area contributed by atoms with Gasteiger partial charge in [-0.15, -0.1) is 0 Å². The highest BCUT2D eigenvalue weighted by Crippen LogP contribution is 2.39. The summed E-state index contributed by atoms with van der Waals surface area (Å²) in [6, 6.07) is 14.7. The number of halogens is 4. The summed E-state index contributed by atoms with van der Waals surface area (Å²) in [5.41, 5.74) is 1.89. The first-order valence-electron chi connectivity index (χ1n) is 11.0. The predicted octanol–water partition coefficient (Wildman–Crippen LogP) is 8.36. The van der Waals surface area contributed by atoms with Gasteiger partial charge < -0.3 is 4.74 Å². The molecule has 0 unspecified atom stereocenters. The van der Waals surface area contributed by atoms with Gasteiger partial charge in [-0.05, 0) is 66.5 Å². The van der Waals surface area contributed by atoms with E-state index in [4.69, 9.17) is 4.74 Å². The van der Waals surface area contributed by atoms with Crippen LogP contribution < -0.4 is 4.74 Å². The van der Waals surface area contributed by atoms with Gasteiger partial charge in [0.05, 0.1) is 5.56 Å². The van der Waals surface area contributed by atoms with Gasteiger partial charge in [-0.2, -0.15) is 8.78 Å². The maximum Gasteiger partial charge on any atom is 0.429 e. The summed E-state index contributed by atoms with van der Waals surface area (Å²) in [6.45, 7) is 4.11. The standard InChI is InChI=1S/C27H26F4O/c1-17-3-7-19(8-4-17)21-11-14-24(26(29)15-21)27(30,31)32-22-12-13-23(25(28)16-22)20-9-5-18(2)6-10-20/h3-4,7-8,11-16,18,20H,5-6,9-10H2,1-2H3. The summed E-state index contributed by atoms with van der Waals surface area (Å²) in [5, 5.41) is 0. The molecule has 1 nitrogen and oxygen atoms in total. The fraction of sp³-hybridized carbons (Fsp3) is 0.333. The second-order valence-corrected chi connectivity index (χ2v) is 8.82. The number of hydrogen-bond acceptors (Lipinski definition) is 1. The fourth-order valence-electron chi connectivity index (χ4n) is 4.35. The lowest BCUT2D eigenvalue weighted by Crippen LogP contribution is -2.23. The molecule has 1 aliphatic rings. The zero-order chi connectivity index (χ0) is 22.9. The molecule has 0 aliphatic heterocycles. The number of benzene rings is 3. The van der Waals surface area contributed by atoms with Crippen molar-refractivity contribution >= 4 is 0 Å². The van der Waals surface area contributed by atoms with Crippen LogP contribution in [0.25, 0.3) is 11.1 Å². The lowest BCUT2D eigenvalue weighted by molar-refractivity contribution is -0.187. The number of alkyl halides is 2. The SMILES string of the molecule is Cc1ccc(-c2ccc(C(F)(F)Oc3ccc(C4CCC(C)CC4)c(F)c3)c(F)c2)cc1. The molecule has 0 bridgehead atoms. The minimum absolute atomic E-state index is 0.0903. The Balaban J connectivity index is 1.52. The van der Waals surface area contributed by atoms with Gasteiger partial charge in [0.2, 0.25) is 0 Å². The van der Waals surface area contributed by atoms with Gasteiger partial charge in [0.15, 0.2) is 0 Å². The Morgan fingerprint density at radius 2 is 1.44 bits per heavy atom. The molecular weight excluding hydrogens is 416 g/mol. The summed E-state index contributed by atoms with van der Waals surface area (Å²) < 4.78 is 63.5. The number of hydrogen-bond donors (Lipinski definition) is 0. The quantitative estimate of drug-likeness (QED) is 0.361. The highest BCUT2D eigenvalue weighted by molar-refractivity contribution is 5.64. The monoisotopic (exact) mass is 442 g/mol. The van der Waals surface area contributed by atoms with Gasteiger partial charge in [0.1, 0.15) is 17.4 Å². The molecule has 168 valence electrons. The smallest absolute Gasteiger partial charge is 0.429 e. The summed E-state index contributed by atoms with van der Waals surface area (Å²) in [6.07, 6.45) is -0.124. The molecule has 0 radical (unpaired) electrons. The fourth-order valence-corrected chi connectivity index (χ4v) is 4.35. The van der Waals surface area contributed by atoms with Gasteiger partial charge in [-0.25, -0.2) is 8.78 Å². The highest BCUT2D eigenvalue weighted by Gasteiger charge is 2.38. The summed E-state index contributed by atoms with van der Waals surface area (Å²) >= 11 is 0. The topological polar surface area (TPSA) is 9.23 Å². The molecule has 1 fully saturated rings. The van der Waals surface area contributed by atoms with Crippen molar-refractivity contribution in [3.05, 3.63) is 89.0 Å². The molecule has 3 aromatic carbocycles. The highest BCUT2D eigenvalue weighted by atomic mass is 19.3. The molecule has 0 aromatic heterocycles. The van der Waals surface area contributed by atoms with Crippen molar-refractivity contribution in [1.29, 1.82) is 0 Å². The Morgan fingerprint density at radius 1 is 0.781 bits per heavy atom. The third-order valence-electron chi connectivity index (χ3n) is 6.34. The first kappa shape index (κ1) is 22.4. The van der Waals surface area contributed by atoms with E-state index in [0.717, 1.165) is 55.0 Å². The third kappa shape index (κ3) is 4.82. The van der Waals surface area contributed by atoms with Crippen molar-refractivity contribution in [3.8, 4) is 16.9 Å². The van der Waals surface area contributed by atoms with Crippen LogP contribution in [0.2, 0.25) is 0 Å². The van der Waals surface area contributed by atoms with Crippen LogP contribution in [0.3, 0.4) is 0 Å². The average molecular weight is 442 g/mol. The maximum absolute atomic E-state index is 14.7. The molecule has 32 heavy (non-hydrogen) atoms. The average Bonchev–Trinajstić information content (AvgIpc) is 2.75. The van der Waals surface area contributed by atoms with Gasteiger partial charge >= 0.3 is 6.11 Å². The molecule has 0 spiro atoms. The number of aryl methyl sites for hydroxylation is 1. The van der Waals surface area contributed by atoms with Crippen molar-refractivity contribution in [2.75, 3.05) is 0 Å². The van der Waals surface area contributed by atoms with Gasteiger partial charge in [0.25, 0.3) is 0 Å². The largest absolute Gasteiger partial charge is 0.429 e. The maximum atomic E-state index is 14.7.